The van der Waals surface area contributed by atoms with Gasteiger partial charge in [-0.3, -0.25) is 0 Å². The largest absolute Gasteiger partial charge is 0.497 e. The molecule has 0 atom stereocenters. The van der Waals surface area contributed by atoms with Gasteiger partial charge in [-0.2, -0.15) is 0 Å². The van der Waals surface area contributed by atoms with Crippen LogP contribution in [-0.4, -0.2) is 33.4 Å². The summed E-state index contributed by atoms with van der Waals surface area (Å²) in [5.41, 5.74) is 1.25. The molecule has 2 aromatic rings. The highest BCUT2D eigenvalue weighted by Crippen LogP contribution is 2.33. The van der Waals surface area contributed by atoms with E-state index in [1.54, 1.807) is 14.2 Å². The fraction of sp³-hybridized carbons (Fsp3) is 0.368. The van der Waals surface area contributed by atoms with Crippen molar-refractivity contribution in [2.24, 2.45) is 0 Å². The second kappa shape index (κ2) is 7.27. The first-order valence-corrected chi connectivity index (χ1v) is 7.90. The Balaban J connectivity index is 1.61. The van der Waals surface area contributed by atoms with Crippen LogP contribution in [0.25, 0.3) is 0 Å². The number of rotatable bonds is 5. The van der Waals surface area contributed by atoms with E-state index in [0.29, 0.717) is 5.75 Å². The van der Waals surface area contributed by atoms with Crippen LogP contribution in [0.4, 0.5) is 5.69 Å². The molecule has 1 radical (unpaired) electrons. The third-order valence-corrected chi connectivity index (χ3v) is 4.17. The molecular formula is C19H22NO3. The lowest BCUT2D eigenvalue weighted by Crippen LogP contribution is -2.38. The van der Waals surface area contributed by atoms with Crippen molar-refractivity contribution in [3.05, 3.63) is 48.5 Å². The van der Waals surface area contributed by atoms with Crippen LogP contribution in [0.3, 0.4) is 0 Å². The minimum atomic E-state index is 0.212. The second-order valence-corrected chi connectivity index (χ2v) is 5.58. The lowest BCUT2D eigenvalue weighted by Gasteiger charge is -2.33. The van der Waals surface area contributed by atoms with E-state index in [2.05, 4.69) is 23.1 Å². The van der Waals surface area contributed by atoms with Gasteiger partial charge in [-0.25, -0.2) is 0 Å². The quantitative estimate of drug-likeness (QED) is 0.845. The van der Waals surface area contributed by atoms with Crippen LogP contribution in [0.15, 0.2) is 42.5 Å². The van der Waals surface area contributed by atoms with E-state index in [4.69, 9.17) is 14.2 Å². The fourth-order valence-electron chi connectivity index (χ4n) is 2.87. The molecule has 0 unspecified atom stereocenters. The Morgan fingerprint density at radius 2 is 1.70 bits per heavy atom. The molecule has 1 aliphatic heterocycles. The molecular weight excluding hydrogens is 290 g/mol. The number of piperidine rings is 1. The van der Waals surface area contributed by atoms with Gasteiger partial charge < -0.3 is 19.1 Å². The van der Waals surface area contributed by atoms with Gasteiger partial charge in [-0.15, -0.1) is 0 Å². The lowest BCUT2D eigenvalue weighted by molar-refractivity contribution is 0.164. The van der Waals surface area contributed by atoms with E-state index >= 15 is 0 Å². The van der Waals surface area contributed by atoms with Crippen molar-refractivity contribution in [1.82, 2.24) is 0 Å². The van der Waals surface area contributed by atoms with Crippen molar-refractivity contribution >= 4 is 5.69 Å². The fourth-order valence-corrected chi connectivity index (χ4v) is 2.87. The highest BCUT2D eigenvalue weighted by molar-refractivity contribution is 5.47. The Kier molecular flexibility index (Phi) is 4.91. The monoisotopic (exact) mass is 312 g/mol. The maximum atomic E-state index is 6.15. The molecule has 1 heterocycles. The highest BCUT2D eigenvalue weighted by atomic mass is 16.5. The van der Waals surface area contributed by atoms with Crippen LogP contribution in [0.1, 0.15) is 12.8 Å². The molecule has 0 saturated carbocycles. The summed E-state index contributed by atoms with van der Waals surface area (Å²) in [4.78, 5) is 2.39. The van der Waals surface area contributed by atoms with E-state index < -0.39 is 0 Å². The zero-order chi connectivity index (χ0) is 16.1. The van der Waals surface area contributed by atoms with Crippen molar-refractivity contribution in [2.45, 2.75) is 18.9 Å². The van der Waals surface area contributed by atoms with Crippen LogP contribution in [-0.2, 0) is 0 Å². The van der Waals surface area contributed by atoms with Crippen molar-refractivity contribution in [1.29, 1.82) is 0 Å². The van der Waals surface area contributed by atoms with Gasteiger partial charge in [-0.1, -0.05) is 12.1 Å². The summed E-state index contributed by atoms with van der Waals surface area (Å²) in [6, 6.07) is 16.8. The summed E-state index contributed by atoms with van der Waals surface area (Å²) in [6.45, 7) is 1.99. The molecule has 1 aliphatic rings. The molecule has 0 bridgehead atoms. The SMILES string of the molecule is COc1ccc(OC2CCN(c3cc[c]cc3)CC2)c(OC)c1. The molecule has 1 saturated heterocycles. The minimum absolute atomic E-state index is 0.212. The molecule has 2 aromatic carbocycles. The van der Waals surface area contributed by atoms with Gasteiger partial charge in [0.05, 0.1) is 14.2 Å². The van der Waals surface area contributed by atoms with Crippen molar-refractivity contribution in [3.63, 3.8) is 0 Å². The molecule has 0 aliphatic carbocycles. The molecule has 0 spiro atoms. The van der Waals surface area contributed by atoms with Gasteiger partial charge in [0.2, 0.25) is 0 Å². The molecule has 0 aromatic heterocycles. The third kappa shape index (κ3) is 3.70. The molecule has 4 heteroatoms. The first kappa shape index (κ1) is 15.5. The van der Waals surface area contributed by atoms with Crippen molar-refractivity contribution < 1.29 is 14.2 Å². The molecule has 4 nitrogen and oxygen atoms in total. The maximum absolute atomic E-state index is 6.15. The summed E-state index contributed by atoms with van der Waals surface area (Å²) in [5, 5.41) is 0. The zero-order valence-electron chi connectivity index (χ0n) is 13.6. The predicted octanol–water partition coefficient (Wildman–Crippen LogP) is 3.55. The predicted molar refractivity (Wildman–Crippen MR) is 90.7 cm³/mol. The molecule has 121 valence electrons. The number of methoxy groups -OCH3 is 2. The van der Waals surface area contributed by atoms with Crippen LogP contribution >= 0.6 is 0 Å². The van der Waals surface area contributed by atoms with E-state index in [1.165, 1.54) is 5.69 Å². The topological polar surface area (TPSA) is 30.9 Å². The van der Waals surface area contributed by atoms with Crippen LogP contribution < -0.4 is 19.1 Å². The molecule has 0 amide bonds. The maximum Gasteiger partial charge on any atom is 0.164 e. The Labute approximate surface area is 137 Å². The van der Waals surface area contributed by atoms with Gasteiger partial charge in [0.25, 0.3) is 0 Å². The minimum Gasteiger partial charge on any atom is -0.497 e. The van der Waals surface area contributed by atoms with Gasteiger partial charge >= 0.3 is 0 Å². The van der Waals surface area contributed by atoms with Crippen molar-refractivity contribution in [2.75, 3.05) is 32.2 Å². The van der Waals surface area contributed by atoms with Gasteiger partial charge in [-0.05, 0) is 30.3 Å². The number of hydrogen-bond acceptors (Lipinski definition) is 4. The number of benzene rings is 2. The van der Waals surface area contributed by atoms with Crippen molar-refractivity contribution in [3.8, 4) is 17.2 Å². The van der Waals surface area contributed by atoms with E-state index in [0.717, 1.165) is 37.4 Å². The molecule has 23 heavy (non-hydrogen) atoms. The Hall–Kier alpha value is -2.36. The first-order valence-electron chi connectivity index (χ1n) is 7.90. The average Bonchev–Trinajstić information content (AvgIpc) is 2.63. The summed E-state index contributed by atoms with van der Waals surface area (Å²) in [6.07, 6.45) is 2.20. The average molecular weight is 312 g/mol. The molecule has 1 fully saturated rings. The first-order chi connectivity index (χ1) is 11.3. The molecule has 0 N–H and O–H groups in total. The number of hydrogen-bond donors (Lipinski definition) is 0. The van der Waals surface area contributed by atoms with Gasteiger partial charge in [0.1, 0.15) is 11.9 Å². The van der Waals surface area contributed by atoms with Crippen LogP contribution in [0, 0.1) is 6.07 Å². The smallest absolute Gasteiger partial charge is 0.164 e. The summed E-state index contributed by atoms with van der Waals surface area (Å²) >= 11 is 0. The molecule has 3 rings (SSSR count). The Morgan fingerprint density at radius 3 is 2.35 bits per heavy atom. The number of nitrogens with zero attached hydrogens (tertiary/aromatic N) is 1. The lowest BCUT2D eigenvalue weighted by atomic mass is 10.1. The third-order valence-electron chi connectivity index (χ3n) is 4.17. The highest BCUT2D eigenvalue weighted by Gasteiger charge is 2.22. The van der Waals surface area contributed by atoms with Crippen LogP contribution in [0.2, 0.25) is 0 Å². The van der Waals surface area contributed by atoms with E-state index in [-0.39, 0.29) is 6.10 Å². The van der Waals surface area contributed by atoms with E-state index in [9.17, 15) is 0 Å². The summed E-state index contributed by atoms with van der Waals surface area (Å²) in [7, 11) is 3.29. The summed E-state index contributed by atoms with van der Waals surface area (Å²) in [5.74, 6) is 2.26. The zero-order valence-corrected chi connectivity index (χ0v) is 13.6. The van der Waals surface area contributed by atoms with E-state index in [1.807, 2.05) is 30.3 Å². The number of ether oxygens (including phenoxy) is 3. The van der Waals surface area contributed by atoms with Gasteiger partial charge in [0.15, 0.2) is 11.5 Å². The normalized spacial score (nSPS) is 15.3. The number of anilines is 1. The second-order valence-electron chi connectivity index (χ2n) is 5.58. The Morgan fingerprint density at radius 1 is 0.957 bits per heavy atom. The Bertz CT molecular complexity index is 622. The van der Waals surface area contributed by atoms with Gasteiger partial charge in [0, 0.05) is 37.7 Å². The standard InChI is InChI=1S/C19H22NO3/c1-21-17-8-9-18(19(14-17)22-2)23-16-10-12-20(13-11-16)15-6-4-3-5-7-15/h4-9,14,16H,10-13H2,1-2H3. The van der Waals surface area contributed by atoms with Crippen LogP contribution in [0.5, 0.6) is 17.2 Å². The summed E-state index contributed by atoms with van der Waals surface area (Å²) < 4.78 is 16.8.